The number of nitrogens with one attached hydrogen (secondary N) is 1. The third-order valence-corrected chi connectivity index (χ3v) is 6.67. The molecule has 0 bridgehead atoms. The first kappa shape index (κ1) is 18.3. The predicted molar refractivity (Wildman–Crippen MR) is 112 cm³/mol. The van der Waals surface area contributed by atoms with Crippen LogP contribution < -0.4 is 9.64 Å². The van der Waals surface area contributed by atoms with Gasteiger partial charge < -0.3 is 14.6 Å². The zero-order chi connectivity index (χ0) is 20.5. The van der Waals surface area contributed by atoms with Crippen molar-refractivity contribution >= 4 is 51.7 Å². The molecule has 3 amide bonds. The van der Waals surface area contributed by atoms with Gasteiger partial charge in [-0.05, 0) is 55.3 Å². The van der Waals surface area contributed by atoms with Gasteiger partial charge in [0, 0.05) is 17.4 Å². The summed E-state index contributed by atoms with van der Waals surface area (Å²) < 4.78 is 5.35. The van der Waals surface area contributed by atoms with Crippen molar-refractivity contribution < 1.29 is 14.3 Å². The van der Waals surface area contributed by atoms with Gasteiger partial charge in [-0.3, -0.25) is 4.79 Å². The molecule has 6 nitrogen and oxygen atoms in total. The second kappa shape index (κ2) is 6.15. The lowest BCUT2D eigenvalue weighted by molar-refractivity contribution is -0.125. The molecule has 5 rings (SSSR count). The molecular formula is C21H17Cl2N3O3. The van der Waals surface area contributed by atoms with Crippen molar-refractivity contribution in [3.8, 4) is 5.75 Å². The number of hydrogen-bond acceptors (Lipinski definition) is 3. The summed E-state index contributed by atoms with van der Waals surface area (Å²) >= 11 is 12.1. The maximum absolute atomic E-state index is 13.6. The number of H-pyrrole nitrogens is 1. The highest BCUT2D eigenvalue weighted by molar-refractivity contribution is 6.42. The molecule has 148 valence electrons. The number of carbonyl (C=O) groups excluding carboxylic acids is 2. The smallest absolute Gasteiger partial charge is 0.332 e. The van der Waals surface area contributed by atoms with E-state index in [1.807, 2.05) is 18.2 Å². The Bertz CT molecular complexity index is 1210. The van der Waals surface area contributed by atoms with Crippen molar-refractivity contribution in [2.45, 2.75) is 18.9 Å². The Morgan fingerprint density at radius 1 is 1.10 bits per heavy atom. The van der Waals surface area contributed by atoms with Gasteiger partial charge in [-0.25, -0.2) is 9.69 Å². The number of urea groups is 1. The van der Waals surface area contributed by atoms with E-state index in [9.17, 15) is 9.59 Å². The van der Waals surface area contributed by atoms with Crippen molar-refractivity contribution in [3.05, 3.63) is 57.7 Å². The lowest BCUT2D eigenvalue weighted by Gasteiger charge is -2.35. The Morgan fingerprint density at radius 3 is 2.62 bits per heavy atom. The van der Waals surface area contributed by atoms with E-state index in [0.29, 0.717) is 23.7 Å². The molecule has 2 aliphatic rings. The van der Waals surface area contributed by atoms with E-state index in [1.165, 1.54) is 4.90 Å². The van der Waals surface area contributed by atoms with Crippen molar-refractivity contribution in [2.24, 2.45) is 0 Å². The first-order chi connectivity index (χ1) is 13.9. The molecule has 3 aromatic rings. The summed E-state index contributed by atoms with van der Waals surface area (Å²) in [6.07, 6.45) is 0.645. The summed E-state index contributed by atoms with van der Waals surface area (Å²) in [4.78, 5) is 33.0. The molecule has 29 heavy (non-hydrogen) atoms. The summed E-state index contributed by atoms with van der Waals surface area (Å²) in [5.41, 5.74) is 1.97. The van der Waals surface area contributed by atoms with Crippen LogP contribution in [0.5, 0.6) is 5.75 Å². The van der Waals surface area contributed by atoms with Crippen molar-refractivity contribution in [2.75, 3.05) is 18.6 Å². The predicted octanol–water partition coefficient (Wildman–Crippen LogP) is 4.72. The Labute approximate surface area is 176 Å². The monoisotopic (exact) mass is 429 g/mol. The van der Waals surface area contributed by atoms with Crippen molar-refractivity contribution in [1.82, 2.24) is 9.88 Å². The number of hydrogen-bond donors (Lipinski definition) is 1. The molecule has 0 aliphatic carbocycles. The third kappa shape index (κ3) is 2.36. The van der Waals surface area contributed by atoms with Crippen LogP contribution in [0.4, 0.5) is 10.5 Å². The van der Waals surface area contributed by atoms with E-state index in [4.69, 9.17) is 27.9 Å². The third-order valence-electron chi connectivity index (χ3n) is 5.93. The van der Waals surface area contributed by atoms with Gasteiger partial charge in [0.2, 0.25) is 0 Å². The van der Waals surface area contributed by atoms with Crippen LogP contribution in [0, 0.1) is 0 Å². The molecule has 0 saturated carbocycles. The minimum absolute atomic E-state index is 0.290. The van der Waals surface area contributed by atoms with Gasteiger partial charge in [0.15, 0.2) is 5.54 Å². The van der Waals surface area contributed by atoms with Gasteiger partial charge in [-0.2, -0.15) is 0 Å². The topological polar surface area (TPSA) is 65.6 Å². The van der Waals surface area contributed by atoms with Crippen LogP contribution >= 0.6 is 23.2 Å². The molecule has 1 fully saturated rings. The van der Waals surface area contributed by atoms with Crippen molar-refractivity contribution in [1.29, 1.82) is 0 Å². The minimum Gasteiger partial charge on any atom is -0.497 e. The van der Waals surface area contributed by atoms with Crippen LogP contribution in [0.2, 0.25) is 10.0 Å². The van der Waals surface area contributed by atoms with Crippen LogP contribution in [0.25, 0.3) is 10.9 Å². The second-order valence-electron chi connectivity index (χ2n) is 7.39. The quantitative estimate of drug-likeness (QED) is 0.599. The highest BCUT2D eigenvalue weighted by Gasteiger charge is 2.59. The Hall–Kier alpha value is -2.70. The molecule has 1 atom stereocenters. The number of methoxy groups -OCH3 is 1. The number of ether oxygens (including phenoxy) is 1. The number of aromatic amines is 1. The van der Waals surface area contributed by atoms with E-state index >= 15 is 0 Å². The van der Waals surface area contributed by atoms with E-state index in [-0.39, 0.29) is 17.0 Å². The van der Waals surface area contributed by atoms with Gasteiger partial charge in [0.05, 0.1) is 28.5 Å². The molecular weight excluding hydrogens is 413 g/mol. The molecule has 0 radical (unpaired) electrons. The van der Waals surface area contributed by atoms with Crippen LogP contribution in [-0.2, 0) is 16.8 Å². The fourth-order valence-electron chi connectivity index (χ4n) is 4.40. The highest BCUT2D eigenvalue weighted by Crippen LogP contribution is 2.46. The highest BCUT2D eigenvalue weighted by atomic mass is 35.5. The number of amides is 3. The lowest BCUT2D eigenvalue weighted by Crippen LogP contribution is -2.49. The van der Waals surface area contributed by atoms with Gasteiger partial charge in [0.25, 0.3) is 5.91 Å². The number of anilines is 1. The van der Waals surface area contributed by atoms with E-state index in [0.717, 1.165) is 27.9 Å². The summed E-state index contributed by atoms with van der Waals surface area (Å²) in [6, 6.07) is 10.1. The van der Waals surface area contributed by atoms with E-state index in [1.54, 1.807) is 37.1 Å². The Balaban J connectivity index is 1.67. The first-order valence-corrected chi connectivity index (χ1v) is 9.92. The summed E-state index contributed by atoms with van der Waals surface area (Å²) in [5, 5.41) is 1.66. The SMILES string of the molecule is COc1ccc2[nH]c3c(c2c1)CCN1C(=O)N(c2ccc(Cl)c(Cl)c2)C(=O)[C@]31C. The maximum Gasteiger partial charge on any atom is 0.332 e. The number of benzene rings is 2. The molecule has 1 saturated heterocycles. The fraction of sp³-hybridized carbons (Fsp3) is 0.238. The van der Waals surface area contributed by atoms with E-state index < -0.39 is 5.54 Å². The molecule has 1 N–H and O–H groups in total. The second-order valence-corrected chi connectivity index (χ2v) is 8.20. The summed E-state index contributed by atoms with van der Waals surface area (Å²) in [7, 11) is 1.62. The van der Waals surface area contributed by atoms with Gasteiger partial charge >= 0.3 is 6.03 Å². The first-order valence-electron chi connectivity index (χ1n) is 9.16. The molecule has 8 heteroatoms. The number of nitrogens with zero attached hydrogens (tertiary/aromatic N) is 2. The van der Waals surface area contributed by atoms with Crippen LogP contribution in [0.3, 0.4) is 0 Å². The van der Waals surface area contributed by atoms with Crippen LogP contribution in [0.1, 0.15) is 18.2 Å². The molecule has 0 unspecified atom stereocenters. The van der Waals surface area contributed by atoms with Crippen molar-refractivity contribution in [3.63, 3.8) is 0 Å². The van der Waals surface area contributed by atoms with E-state index in [2.05, 4.69) is 4.98 Å². The lowest BCUT2D eigenvalue weighted by atomic mass is 9.87. The average molecular weight is 430 g/mol. The zero-order valence-corrected chi connectivity index (χ0v) is 17.3. The number of aromatic nitrogens is 1. The molecule has 0 spiro atoms. The Morgan fingerprint density at radius 2 is 1.90 bits per heavy atom. The fourth-order valence-corrected chi connectivity index (χ4v) is 4.69. The van der Waals surface area contributed by atoms with Gasteiger partial charge in [0.1, 0.15) is 5.75 Å². The Kier molecular flexibility index (Phi) is 3.89. The largest absolute Gasteiger partial charge is 0.497 e. The summed E-state index contributed by atoms with van der Waals surface area (Å²) in [5.74, 6) is 0.429. The summed E-state index contributed by atoms with van der Waals surface area (Å²) in [6.45, 7) is 2.23. The zero-order valence-electron chi connectivity index (χ0n) is 15.8. The van der Waals surface area contributed by atoms with Gasteiger partial charge in [-0.15, -0.1) is 0 Å². The van der Waals surface area contributed by atoms with Gasteiger partial charge in [-0.1, -0.05) is 23.2 Å². The van der Waals surface area contributed by atoms with Crippen LogP contribution in [0.15, 0.2) is 36.4 Å². The molecule has 1 aromatic heterocycles. The number of rotatable bonds is 2. The molecule has 2 aromatic carbocycles. The number of carbonyl (C=O) groups is 2. The van der Waals surface area contributed by atoms with Crippen LogP contribution in [-0.4, -0.2) is 35.5 Å². The molecule has 3 heterocycles. The number of halogens is 2. The molecule has 2 aliphatic heterocycles. The number of fused-ring (bicyclic) bond motifs is 5. The number of imide groups is 1. The normalized spacial score (nSPS) is 21.0. The maximum atomic E-state index is 13.6. The minimum atomic E-state index is -1.12. The standard InChI is InChI=1S/C21H17Cl2N3O3/c1-21-18-13(14-10-12(29-2)4-6-17(14)24-18)7-8-25(21)20(28)26(19(21)27)11-3-5-15(22)16(23)9-11/h3-6,9-10,24H,7-8H2,1-2H3/t21-/m0/s1. The average Bonchev–Trinajstić information content (AvgIpc) is 3.18.